The van der Waals surface area contributed by atoms with Crippen molar-refractivity contribution in [3.63, 3.8) is 0 Å². The van der Waals surface area contributed by atoms with Crippen molar-refractivity contribution in [3.05, 3.63) is 97.9 Å². The highest BCUT2D eigenvalue weighted by Crippen LogP contribution is 2.34. The van der Waals surface area contributed by atoms with Gasteiger partial charge in [-0.3, -0.25) is 9.10 Å². The lowest BCUT2D eigenvalue weighted by atomic mass is 10.1. The minimum atomic E-state index is -3.63. The van der Waals surface area contributed by atoms with Gasteiger partial charge in [0.05, 0.1) is 34.7 Å². The summed E-state index contributed by atoms with van der Waals surface area (Å²) in [4.78, 5) is 12.3. The predicted octanol–water partition coefficient (Wildman–Crippen LogP) is 5.49. The summed E-state index contributed by atoms with van der Waals surface area (Å²) in [5.41, 5.74) is 4.63. The molecule has 0 saturated carbocycles. The number of sulfonamides is 1. The van der Waals surface area contributed by atoms with Crippen molar-refractivity contribution in [2.45, 2.75) is 6.54 Å². The maximum atomic E-state index is 12.4. The smallest absolute Gasteiger partial charge is 0.267 e. The lowest BCUT2D eigenvalue weighted by Crippen LogP contribution is -2.29. The van der Waals surface area contributed by atoms with Crippen LogP contribution in [0, 0.1) is 0 Å². The molecule has 0 aliphatic rings. The molecular weight excluding hydrogens is 537 g/mol. The van der Waals surface area contributed by atoms with Gasteiger partial charge in [-0.15, -0.1) is 0 Å². The van der Waals surface area contributed by atoms with E-state index in [2.05, 4.69) is 26.5 Å². The molecule has 0 radical (unpaired) electrons. The van der Waals surface area contributed by atoms with Gasteiger partial charge in [0.15, 0.2) is 0 Å². The van der Waals surface area contributed by atoms with Crippen LogP contribution in [-0.2, 0) is 16.6 Å². The number of hydrazone groups is 1. The quantitative estimate of drug-likeness (QED) is 0.310. The second-order valence-corrected chi connectivity index (χ2v) is 10.4. The normalized spacial score (nSPS) is 11.5. The zero-order valence-electron chi connectivity index (χ0n) is 16.8. The Bertz CT molecular complexity index is 1270. The highest BCUT2D eigenvalue weighted by molar-refractivity contribution is 9.10. The van der Waals surface area contributed by atoms with Crippen molar-refractivity contribution >= 4 is 67.0 Å². The number of hydrogen-bond acceptors (Lipinski definition) is 4. The zero-order chi connectivity index (χ0) is 23.3. The lowest BCUT2D eigenvalue weighted by molar-refractivity contribution is 0.0955. The number of anilines is 1. The fourth-order valence-electron chi connectivity index (χ4n) is 2.81. The standard InChI is InChI=1S/C22H18BrCl2N3O3S/c1-32(30,31)28(20-7-3-6-19(24)21(20)25)14-15-8-10-17(11-9-15)22(29)27-26-13-16-4-2-5-18(23)12-16/h2-13H,14H2,1H3,(H,27,29)/b26-13-. The van der Waals surface area contributed by atoms with E-state index in [1.54, 1.807) is 42.5 Å². The Labute approximate surface area is 205 Å². The molecule has 0 atom stereocenters. The highest BCUT2D eigenvalue weighted by Gasteiger charge is 2.21. The average Bonchev–Trinajstić information content (AvgIpc) is 2.74. The van der Waals surface area contributed by atoms with Gasteiger partial charge in [0.2, 0.25) is 10.0 Å². The van der Waals surface area contributed by atoms with Gasteiger partial charge >= 0.3 is 0 Å². The molecule has 0 heterocycles. The van der Waals surface area contributed by atoms with Gasteiger partial charge in [-0.1, -0.05) is 69.5 Å². The number of nitrogens with one attached hydrogen (secondary N) is 1. The third-order valence-corrected chi connectivity index (χ3v) is 6.80. The Hall–Kier alpha value is -2.39. The van der Waals surface area contributed by atoms with E-state index in [4.69, 9.17) is 23.2 Å². The number of rotatable bonds is 7. The average molecular weight is 555 g/mol. The molecule has 0 aliphatic carbocycles. The van der Waals surface area contributed by atoms with Gasteiger partial charge in [0, 0.05) is 10.0 Å². The zero-order valence-corrected chi connectivity index (χ0v) is 20.7. The Balaban J connectivity index is 1.72. The Morgan fingerprint density at radius 1 is 1.09 bits per heavy atom. The molecule has 1 amide bonds. The fraction of sp³-hybridized carbons (Fsp3) is 0.0909. The molecule has 0 spiro atoms. The molecule has 0 bridgehead atoms. The number of benzene rings is 3. The van der Waals surface area contributed by atoms with Crippen LogP contribution in [0.5, 0.6) is 0 Å². The minimum Gasteiger partial charge on any atom is -0.267 e. The van der Waals surface area contributed by atoms with Gasteiger partial charge in [-0.25, -0.2) is 13.8 Å². The van der Waals surface area contributed by atoms with Crippen LogP contribution in [0.25, 0.3) is 0 Å². The first-order chi connectivity index (χ1) is 15.1. The van der Waals surface area contributed by atoms with Crippen LogP contribution < -0.4 is 9.73 Å². The Morgan fingerprint density at radius 3 is 2.44 bits per heavy atom. The van der Waals surface area contributed by atoms with Gasteiger partial charge in [0.25, 0.3) is 5.91 Å². The van der Waals surface area contributed by atoms with Crippen LogP contribution in [0.15, 0.2) is 76.3 Å². The van der Waals surface area contributed by atoms with Crippen LogP contribution >= 0.6 is 39.1 Å². The molecule has 3 aromatic rings. The van der Waals surface area contributed by atoms with Crippen molar-refractivity contribution in [1.29, 1.82) is 0 Å². The van der Waals surface area contributed by atoms with E-state index in [9.17, 15) is 13.2 Å². The van der Waals surface area contributed by atoms with E-state index in [-0.39, 0.29) is 28.2 Å². The summed E-state index contributed by atoms with van der Waals surface area (Å²) in [6.07, 6.45) is 2.63. The number of nitrogens with zero attached hydrogens (tertiary/aromatic N) is 2. The van der Waals surface area contributed by atoms with Crippen LogP contribution in [-0.4, -0.2) is 26.8 Å². The number of hydrogen-bond donors (Lipinski definition) is 1. The molecule has 0 fully saturated rings. The molecule has 0 saturated heterocycles. The predicted molar refractivity (Wildman–Crippen MR) is 133 cm³/mol. The summed E-state index contributed by atoms with van der Waals surface area (Å²) in [5.74, 6) is -0.388. The summed E-state index contributed by atoms with van der Waals surface area (Å²) >= 11 is 15.6. The Kier molecular flexibility index (Phi) is 7.95. The highest BCUT2D eigenvalue weighted by atomic mass is 79.9. The first-order valence-electron chi connectivity index (χ1n) is 9.25. The number of carbonyl (C=O) groups is 1. The lowest BCUT2D eigenvalue weighted by Gasteiger charge is -2.24. The van der Waals surface area contributed by atoms with E-state index >= 15 is 0 Å². The van der Waals surface area contributed by atoms with E-state index in [0.717, 1.165) is 16.3 Å². The van der Waals surface area contributed by atoms with Crippen molar-refractivity contribution < 1.29 is 13.2 Å². The largest absolute Gasteiger partial charge is 0.271 e. The van der Waals surface area contributed by atoms with Gasteiger partial charge in [-0.05, 0) is 47.5 Å². The Morgan fingerprint density at radius 2 is 1.78 bits per heavy atom. The molecule has 3 rings (SSSR count). The van der Waals surface area contributed by atoms with E-state index in [0.29, 0.717) is 11.1 Å². The van der Waals surface area contributed by atoms with E-state index < -0.39 is 10.0 Å². The summed E-state index contributed by atoms with van der Waals surface area (Å²) in [6, 6.07) is 18.8. The molecular formula is C22H18BrCl2N3O3S. The minimum absolute atomic E-state index is 0.0296. The summed E-state index contributed by atoms with van der Waals surface area (Å²) in [7, 11) is -3.63. The van der Waals surface area contributed by atoms with E-state index in [1.807, 2.05) is 24.3 Å². The topological polar surface area (TPSA) is 78.8 Å². The second-order valence-electron chi connectivity index (χ2n) is 6.79. The molecule has 1 N–H and O–H groups in total. The molecule has 6 nitrogen and oxygen atoms in total. The van der Waals surface area contributed by atoms with Crippen molar-refractivity contribution in [2.75, 3.05) is 10.6 Å². The summed E-state index contributed by atoms with van der Waals surface area (Å²) in [6.45, 7) is 0.0296. The molecule has 0 aromatic heterocycles. The number of carbonyl (C=O) groups excluding carboxylic acids is 1. The molecule has 10 heteroatoms. The van der Waals surface area contributed by atoms with Crippen LogP contribution in [0.2, 0.25) is 10.0 Å². The molecule has 32 heavy (non-hydrogen) atoms. The summed E-state index contributed by atoms with van der Waals surface area (Å²) < 4.78 is 26.8. The molecule has 0 unspecified atom stereocenters. The van der Waals surface area contributed by atoms with Crippen LogP contribution in [0.1, 0.15) is 21.5 Å². The molecule has 166 valence electrons. The van der Waals surface area contributed by atoms with Crippen LogP contribution in [0.3, 0.4) is 0 Å². The summed E-state index contributed by atoms with van der Waals surface area (Å²) in [5, 5.41) is 4.37. The van der Waals surface area contributed by atoms with E-state index in [1.165, 1.54) is 10.5 Å². The number of amides is 1. The fourth-order valence-corrected chi connectivity index (χ4v) is 4.57. The van der Waals surface area contributed by atoms with Gasteiger partial charge < -0.3 is 0 Å². The second kappa shape index (κ2) is 10.5. The van der Waals surface area contributed by atoms with Gasteiger partial charge in [-0.2, -0.15) is 5.10 Å². The first-order valence-corrected chi connectivity index (χ1v) is 12.6. The first kappa shape index (κ1) is 24.3. The molecule has 3 aromatic carbocycles. The number of halogens is 3. The van der Waals surface area contributed by atoms with Crippen molar-refractivity contribution in [2.24, 2.45) is 5.10 Å². The van der Waals surface area contributed by atoms with Crippen LogP contribution in [0.4, 0.5) is 5.69 Å². The third-order valence-electron chi connectivity index (χ3n) is 4.37. The maximum absolute atomic E-state index is 12.4. The monoisotopic (exact) mass is 553 g/mol. The molecule has 0 aliphatic heterocycles. The van der Waals surface area contributed by atoms with Crippen molar-refractivity contribution in [3.8, 4) is 0 Å². The maximum Gasteiger partial charge on any atom is 0.271 e. The van der Waals surface area contributed by atoms with Gasteiger partial charge in [0.1, 0.15) is 0 Å². The SMILES string of the molecule is CS(=O)(=O)N(Cc1ccc(C(=O)N/N=C\c2cccc(Br)c2)cc1)c1cccc(Cl)c1Cl. The third kappa shape index (κ3) is 6.32. The van der Waals surface area contributed by atoms with Crippen molar-refractivity contribution in [1.82, 2.24) is 5.43 Å².